The molecule has 0 spiro atoms. The van der Waals surface area contributed by atoms with E-state index < -0.39 is 166 Å². The molecule has 0 aromatic heterocycles. The van der Waals surface area contributed by atoms with Crippen LogP contribution in [0, 0.1) is 50.2 Å². The van der Waals surface area contributed by atoms with Crippen LogP contribution in [0.3, 0.4) is 0 Å². The van der Waals surface area contributed by atoms with E-state index in [1.807, 2.05) is 0 Å². The Balaban J connectivity index is 0.879. The highest BCUT2D eigenvalue weighted by atomic mass is 16.8. The number of allylic oxidation sites excluding steroid dienone is 2. The van der Waals surface area contributed by atoms with Gasteiger partial charge in [-0.2, -0.15) is 0 Å². The number of esters is 1. The summed E-state index contributed by atoms with van der Waals surface area (Å²) >= 11 is 0. The fraction of sp³-hybridized carbons (Fsp3) is 0.944. The summed E-state index contributed by atoms with van der Waals surface area (Å²) in [7, 11) is 0. The van der Waals surface area contributed by atoms with Crippen LogP contribution in [0.4, 0.5) is 0 Å². The molecule has 0 amide bonds. The summed E-state index contributed by atoms with van der Waals surface area (Å²) in [6, 6.07) is 0. The molecule has 22 nitrogen and oxygen atoms in total. The van der Waals surface area contributed by atoms with Gasteiger partial charge in [0.1, 0.15) is 91.6 Å². The number of rotatable bonds is 11. The Morgan fingerprint density at radius 3 is 1.66 bits per heavy atom. The van der Waals surface area contributed by atoms with Crippen LogP contribution in [0.5, 0.6) is 0 Å². The van der Waals surface area contributed by atoms with Gasteiger partial charge < -0.3 is 104 Å². The standard InChI is InChI=1S/C54H88O22/c1-23-32(58)34(60)38(64)44(69-23)74-42-28(22-57)72-46(41(67)37(42)63)75-43-27(21-56)71-45(40(66)36(43)62)73-31-12-13-51(6)29(50(31,4)5)11-14-53(8)30(51)10-9-24-25-19-49(2,3)15-17-54(25,18-16-52(24,53)7)48(68)76-47-39(65)35(61)33(59)26(20-55)70-47/h9,23,25-47,55-67H,10-22H2,1-8H3. The zero-order valence-corrected chi connectivity index (χ0v) is 45.1. The number of aliphatic hydroxyl groups excluding tert-OH is 13. The lowest BCUT2D eigenvalue weighted by Gasteiger charge is -2.71. The summed E-state index contributed by atoms with van der Waals surface area (Å²) in [6.07, 6.45) is -22.2. The van der Waals surface area contributed by atoms with Crippen molar-refractivity contribution in [3.63, 3.8) is 0 Å². The Kier molecular flexibility index (Phi) is 16.6. The van der Waals surface area contributed by atoms with Crippen molar-refractivity contribution >= 4 is 5.97 Å². The minimum absolute atomic E-state index is 0.0757. The minimum atomic E-state index is -1.91. The molecule has 28 unspecified atom stereocenters. The molecule has 0 aromatic rings. The Hall–Kier alpha value is -1.59. The van der Waals surface area contributed by atoms with Gasteiger partial charge in [-0.15, -0.1) is 0 Å². The van der Waals surface area contributed by atoms with Crippen LogP contribution < -0.4 is 0 Å². The normalized spacial score (nSPS) is 54.0. The smallest absolute Gasteiger partial charge is 0.315 e. The maximum atomic E-state index is 14.7. The molecule has 4 heterocycles. The van der Waals surface area contributed by atoms with Crippen LogP contribution >= 0.6 is 0 Å². The van der Waals surface area contributed by atoms with Crippen molar-refractivity contribution in [2.24, 2.45) is 50.2 Å². The van der Waals surface area contributed by atoms with Crippen molar-refractivity contribution in [2.75, 3.05) is 19.8 Å². The topological polar surface area (TPSA) is 354 Å². The van der Waals surface area contributed by atoms with Gasteiger partial charge in [-0.3, -0.25) is 4.79 Å². The zero-order chi connectivity index (χ0) is 55.6. The first-order chi connectivity index (χ1) is 35.5. The fourth-order valence-corrected chi connectivity index (χ4v) is 16.5. The predicted molar refractivity (Wildman–Crippen MR) is 261 cm³/mol. The highest BCUT2D eigenvalue weighted by Gasteiger charge is 2.70. The first-order valence-corrected chi connectivity index (χ1v) is 27.7. The number of carbonyl (C=O) groups excluding carboxylic acids is 1. The first kappa shape index (κ1) is 59.0. The van der Waals surface area contributed by atoms with E-state index in [1.165, 1.54) is 12.5 Å². The highest BCUT2D eigenvalue weighted by Crippen LogP contribution is 2.76. The van der Waals surface area contributed by atoms with E-state index in [9.17, 15) is 71.2 Å². The zero-order valence-electron chi connectivity index (χ0n) is 45.1. The van der Waals surface area contributed by atoms with Gasteiger partial charge in [0.05, 0.1) is 37.4 Å². The van der Waals surface area contributed by atoms with Gasteiger partial charge in [0.2, 0.25) is 6.29 Å². The number of fused-ring (bicyclic) bond motifs is 7. The van der Waals surface area contributed by atoms with Crippen LogP contribution in [0.15, 0.2) is 11.6 Å². The molecule has 5 aliphatic carbocycles. The summed E-state index contributed by atoms with van der Waals surface area (Å²) in [5, 5.41) is 139. The molecule has 0 bridgehead atoms. The highest BCUT2D eigenvalue weighted by molar-refractivity contribution is 5.79. The summed E-state index contributed by atoms with van der Waals surface area (Å²) < 4.78 is 47.5. The molecular formula is C54H88O22. The second-order valence-corrected chi connectivity index (χ2v) is 26.3. The number of hydrogen-bond acceptors (Lipinski definition) is 22. The van der Waals surface area contributed by atoms with Crippen molar-refractivity contribution in [1.82, 2.24) is 0 Å². The molecule has 28 atom stereocenters. The fourth-order valence-electron chi connectivity index (χ4n) is 16.5. The third kappa shape index (κ3) is 9.47. The van der Waals surface area contributed by atoms with Crippen LogP contribution in [-0.4, -0.2) is 221 Å². The van der Waals surface area contributed by atoms with Crippen LogP contribution in [0.2, 0.25) is 0 Å². The van der Waals surface area contributed by atoms with Gasteiger partial charge in [0, 0.05) is 0 Å². The molecule has 8 fully saturated rings. The van der Waals surface area contributed by atoms with Crippen LogP contribution in [0.1, 0.15) is 120 Å². The summed E-state index contributed by atoms with van der Waals surface area (Å²) in [6.45, 7) is 15.3. The Labute approximate surface area is 444 Å². The summed E-state index contributed by atoms with van der Waals surface area (Å²) in [5.74, 6) is -0.271. The first-order valence-electron chi connectivity index (χ1n) is 27.7. The Morgan fingerprint density at radius 1 is 0.553 bits per heavy atom. The number of hydrogen-bond donors (Lipinski definition) is 13. The molecule has 4 saturated heterocycles. The third-order valence-electron chi connectivity index (χ3n) is 21.4. The molecule has 0 aromatic carbocycles. The summed E-state index contributed by atoms with van der Waals surface area (Å²) in [4.78, 5) is 14.7. The van der Waals surface area contributed by atoms with Gasteiger partial charge in [-0.25, -0.2) is 0 Å². The number of aliphatic hydroxyl groups is 13. The van der Waals surface area contributed by atoms with Crippen molar-refractivity contribution in [1.29, 1.82) is 0 Å². The molecule has 0 radical (unpaired) electrons. The van der Waals surface area contributed by atoms with Crippen molar-refractivity contribution < 1.29 is 109 Å². The average Bonchev–Trinajstić information content (AvgIpc) is 3.39. The second-order valence-electron chi connectivity index (χ2n) is 26.3. The second kappa shape index (κ2) is 21.3. The van der Waals surface area contributed by atoms with Crippen LogP contribution in [0.25, 0.3) is 0 Å². The van der Waals surface area contributed by atoms with E-state index in [1.54, 1.807) is 0 Å². The van der Waals surface area contributed by atoms with Gasteiger partial charge in [0.15, 0.2) is 18.9 Å². The molecule has 4 aliphatic heterocycles. The van der Waals surface area contributed by atoms with E-state index in [4.69, 9.17) is 37.9 Å². The third-order valence-corrected chi connectivity index (χ3v) is 21.4. The van der Waals surface area contributed by atoms with Gasteiger partial charge in [-0.05, 0) is 116 Å². The number of ether oxygens (including phenoxy) is 8. The SMILES string of the molecule is CC1OC(OC2C(CO)OC(OC3C(CO)OC(OC4CCC5(C)C(CCC6(C)C5CC=C5C7CC(C)(C)CCC7(C(=O)OC7OC(CO)C(O)C(O)C7O)CCC56C)C4(C)C)C(O)C3O)C(O)C2O)C(O)C(O)C1O. The largest absolute Gasteiger partial charge is 0.432 e. The van der Waals surface area contributed by atoms with E-state index in [0.29, 0.717) is 19.3 Å². The number of carbonyl (C=O) groups is 1. The van der Waals surface area contributed by atoms with Gasteiger partial charge in [-0.1, -0.05) is 60.1 Å². The molecule has 9 rings (SSSR count). The molecular weight excluding hydrogens is 1000 g/mol. The van der Waals surface area contributed by atoms with Gasteiger partial charge in [0.25, 0.3) is 0 Å². The maximum absolute atomic E-state index is 14.7. The van der Waals surface area contributed by atoms with Crippen LogP contribution in [-0.2, 0) is 42.7 Å². The van der Waals surface area contributed by atoms with E-state index in [2.05, 4.69) is 54.5 Å². The Morgan fingerprint density at radius 2 is 1.07 bits per heavy atom. The van der Waals surface area contributed by atoms with Gasteiger partial charge >= 0.3 is 5.97 Å². The average molecular weight is 1090 g/mol. The summed E-state index contributed by atoms with van der Waals surface area (Å²) in [5.41, 5.74) is -0.828. The predicted octanol–water partition coefficient (Wildman–Crippen LogP) is -1.01. The van der Waals surface area contributed by atoms with Crippen molar-refractivity contribution in [3.05, 3.63) is 11.6 Å². The van der Waals surface area contributed by atoms with E-state index >= 15 is 0 Å². The van der Waals surface area contributed by atoms with Crippen molar-refractivity contribution in [3.8, 4) is 0 Å². The molecule has 9 aliphatic rings. The Bertz CT molecular complexity index is 2090. The minimum Gasteiger partial charge on any atom is -0.432 e. The van der Waals surface area contributed by atoms with E-state index in [0.717, 1.165) is 44.9 Å². The lowest BCUT2D eigenvalue weighted by atomic mass is 9.33. The quantitative estimate of drug-likeness (QED) is 0.0670. The monoisotopic (exact) mass is 1090 g/mol. The molecule has 76 heavy (non-hydrogen) atoms. The molecule has 13 N–H and O–H groups in total. The van der Waals surface area contributed by atoms with Crippen molar-refractivity contribution in [2.45, 2.75) is 249 Å². The van der Waals surface area contributed by atoms with E-state index in [-0.39, 0.29) is 39.4 Å². The lowest BCUT2D eigenvalue weighted by Crippen LogP contribution is -2.67. The molecule has 4 saturated carbocycles. The maximum Gasteiger partial charge on any atom is 0.315 e. The lowest BCUT2D eigenvalue weighted by molar-refractivity contribution is -0.382. The molecule has 22 heteroatoms. The molecule has 436 valence electrons.